The van der Waals surface area contributed by atoms with E-state index in [4.69, 9.17) is 19.5 Å². The van der Waals surface area contributed by atoms with Gasteiger partial charge in [0.2, 0.25) is 6.79 Å². The monoisotopic (exact) mass is 456 g/mol. The summed E-state index contributed by atoms with van der Waals surface area (Å²) in [5.41, 5.74) is 4.85. The van der Waals surface area contributed by atoms with Gasteiger partial charge in [-0.2, -0.15) is 10.4 Å². The number of amides is 2. The molecular formula is C25H20N4O5. The predicted octanol–water partition coefficient (Wildman–Crippen LogP) is 2.75. The van der Waals surface area contributed by atoms with Crippen LogP contribution in [0.2, 0.25) is 0 Å². The van der Waals surface area contributed by atoms with Crippen molar-refractivity contribution in [3.05, 3.63) is 89.0 Å². The molecule has 0 unspecified atom stereocenters. The first-order valence-electron chi connectivity index (χ1n) is 10.3. The number of fused-ring (bicyclic) bond motifs is 1. The van der Waals surface area contributed by atoms with Gasteiger partial charge in [0.25, 0.3) is 11.8 Å². The van der Waals surface area contributed by atoms with Crippen molar-refractivity contribution in [1.82, 2.24) is 10.7 Å². The smallest absolute Gasteiger partial charge is 0.259 e. The zero-order valence-corrected chi connectivity index (χ0v) is 18.0. The van der Waals surface area contributed by atoms with Crippen molar-refractivity contribution in [1.29, 1.82) is 5.26 Å². The third-order valence-electron chi connectivity index (χ3n) is 4.86. The lowest BCUT2D eigenvalue weighted by Gasteiger charge is -2.07. The highest BCUT2D eigenvalue weighted by atomic mass is 16.7. The van der Waals surface area contributed by atoms with Crippen LogP contribution in [0, 0.1) is 11.3 Å². The maximum atomic E-state index is 12.2. The van der Waals surface area contributed by atoms with E-state index in [1.807, 2.05) is 18.2 Å². The Morgan fingerprint density at radius 1 is 1.06 bits per heavy atom. The molecule has 0 fully saturated rings. The second-order valence-corrected chi connectivity index (χ2v) is 7.17. The van der Waals surface area contributed by atoms with Crippen molar-refractivity contribution < 1.29 is 23.8 Å². The van der Waals surface area contributed by atoms with E-state index < -0.39 is 11.8 Å². The van der Waals surface area contributed by atoms with E-state index in [0.717, 1.165) is 11.1 Å². The van der Waals surface area contributed by atoms with Crippen LogP contribution in [0.4, 0.5) is 0 Å². The fraction of sp³-hybridized carbons (Fsp3) is 0.120. The molecular weight excluding hydrogens is 436 g/mol. The second kappa shape index (κ2) is 10.7. The first-order chi connectivity index (χ1) is 16.6. The van der Waals surface area contributed by atoms with Gasteiger partial charge >= 0.3 is 0 Å². The molecule has 1 heterocycles. The van der Waals surface area contributed by atoms with Crippen LogP contribution in [0.15, 0.2) is 71.8 Å². The minimum Gasteiger partial charge on any atom is -0.489 e. The SMILES string of the molecule is N#Cc1ccccc1COc1ccc(/C=N/NC(=O)CNC(=O)c2ccc3c(c2)OCO3)cc1. The fourth-order valence-electron chi connectivity index (χ4n) is 3.09. The number of nitrogens with one attached hydrogen (secondary N) is 2. The van der Waals surface area contributed by atoms with Crippen LogP contribution >= 0.6 is 0 Å². The van der Waals surface area contributed by atoms with Crippen molar-refractivity contribution in [2.24, 2.45) is 5.10 Å². The summed E-state index contributed by atoms with van der Waals surface area (Å²) >= 11 is 0. The van der Waals surface area contributed by atoms with Gasteiger partial charge in [0.05, 0.1) is 24.4 Å². The van der Waals surface area contributed by atoms with Crippen LogP contribution in [0.25, 0.3) is 0 Å². The van der Waals surface area contributed by atoms with Gasteiger partial charge in [-0.3, -0.25) is 9.59 Å². The quantitative estimate of drug-likeness (QED) is 0.397. The number of nitriles is 1. The number of nitrogens with zero attached hydrogens (tertiary/aromatic N) is 2. The molecule has 170 valence electrons. The molecule has 0 saturated heterocycles. The van der Waals surface area contributed by atoms with Gasteiger partial charge in [-0.05, 0) is 54.1 Å². The zero-order chi connectivity index (χ0) is 23.8. The lowest BCUT2D eigenvalue weighted by Crippen LogP contribution is -2.34. The lowest BCUT2D eigenvalue weighted by molar-refractivity contribution is -0.120. The van der Waals surface area contributed by atoms with Crippen LogP contribution in [0.5, 0.6) is 17.2 Å². The number of rotatable bonds is 8. The van der Waals surface area contributed by atoms with Crippen molar-refractivity contribution in [3.8, 4) is 23.3 Å². The topological polar surface area (TPSA) is 122 Å². The van der Waals surface area contributed by atoms with Gasteiger partial charge in [-0.15, -0.1) is 0 Å². The Morgan fingerprint density at radius 2 is 1.85 bits per heavy atom. The third-order valence-corrected chi connectivity index (χ3v) is 4.86. The molecule has 0 atom stereocenters. The van der Waals surface area contributed by atoms with E-state index in [1.165, 1.54) is 6.21 Å². The van der Waals surface area contributed by atoms with Gasteiger partial charge in [-0.25, -0.2) is 5.43 Å². The molecule has 0 saturated carbocycles. The summed E-state index contributed by atoms with van der Waals surface area (Å²) in [5, 5.41) is 15.6. The summed E-state index contributed by atoms with van der Waals surface area (Å²) in [7, 11) is 0. The molecule has 9 nitrogen and oxygen atoms in total. The summed E-state index contributed by atoms with van der Waals surface area (Å²) in [5.74, 6) is 0.824. The van der Waals surface area contributed by atoms with E-state index in [-0.39, 0.29) is 19.9 Å². The molecule has 0 aliphatic carbocycles. The number of hydrazone groups is 1. The largest absolute Gasteiger partial charge is 0.489 e. The molecule has 3 aromatic carbocycles. The van der Waals surface area contributed by atoms with E-state index in [9.17, 15) is 9.59 Å². The summed E-state index contributed by atoms with van der Waals surface area (Å²) in [4.78, 5) is 24.2. The maximum absolute atomic E-state index is 12.2. The summed E-state index contributed by atoms with van der Waals surface area (Å²) < 4.78 is 16.2. The highest BCUT2D eigenvalue weighted by Gasteiger charge is 2.16. The number of carbonyl (C=O) groups is 2. The Bertz CT molecular complexity index is 1270. The van der Waals surface area contributed by atoms with Crippen LogP contribution in [0.1, 0.15) is 27.0 Å². The molecule has 1 aliphatic rings. The van der Waals surface area contributed by atoms with Crippen LogP contribution in [0.3, 0.4) is 0 Å². The van der Waals surface area contributed by atoms with Crippen molar-refractivity contribution in [3.63, 3.8) is 0 Å². The number of hydrogen-bond donors (Lipinski definition) is 2. The molecule has 0 radical (unpaired) electrons. The van der Waals surface area contributed by atoms with Gasteiger partial charge in [0.1, 0.15) is 12.4 Å². The first-order valence-corrected chi connectivity index (χ1v) is 10.3. The Morgan fingerprint density at radius 3 is 2.68 bits per heavy atom. The number of hydrogen-bond acceptors (Lipinski definition) is 7. The molecule has 0 aromatic heterocycles. The van der Waals surface area contributed by atoms with Crippen LogP contribution < -0.4 is 25.0 Å². The highest BCUT2D eigenvalue weighted by molar-refractivity contribution is 5.97. The van der Waals surface area contributed by atoms with Crippen LogP contribution in [-0.2, 0) is 11.4 Å². The number of carbonyl (C=O) groups excluding carboxylic acids is 2. The van der Waals surface area contributed by atoms with Crippen LogP contribution in [-0.4, -0.2) is 31.4 Å². The summed E-state index contributed by atoms with van der Waals surface area (Å²) in [6, 6.07) is 21.3. The zero-order valence-electron chi connectivity index (χ0n) is 18.0. The number of benzene rings is 3. The first kappa shape index (κ1) is 22.4. The normalized spacial score (nSPS) is 11.6. The Hall–Kier alpha value is -4.84. The van der Waals surface area contributed by atoms with Gasteiger partial charge < -0.3 is 19.5 Å². The fourth-order valence-corrected chi connectivity index (χ4v) is 3.09. The van der Waals surface area contributed by atoms with Crippen molar-refractivity contribution >= 4 is 18.0 Å². The average molecular weight is 456 g/mol. The van der Waals surface area contributed by atoms with Gasteiger partial charge in [-0.1, -0.05) is 18.2 Å². The van der Waals surface area contributed by atoms with E-state index >= 15 is 0 Å². The standard InChI is InChI=1S/C25H20N4O5/c26-12-19-3-1-2-4-20(19)15-32-21-8-5-17(6-9-21)13-28-29-24(30)14-27-25(31)18-7-10-22-23(11-18)34-16-33-22/h1-11,13H,14-16H2,(H,27,31)(H,29,30)/b28-13+. The molecule has 2 N–H and O–H groups in total. The Kier molecular flexibility index (Phi) is 7.00. The van der Waals surface area contributed by atoms with E-state index in [1.54, 1.807) is 48.5 Å². The summed E-state index contributed by atoms with van der Waals surface area (Å²) in [6.07, 6.45) is 1.48. The average Bonchev–Trinajstić information content (AvgIpc) is 3.35. The molecule has 9 heteroatoms. The number of ether oxygens (including phenoxy) is 3. The summed E-state index contributed by atoms with van der Waals surface area (Å²) in [6.45, 7) is 0.167. The third kappa shape index (κ3) is 5.69. The maximum Gasteiger partial charge on any atom is 0.259 e. The van der Waals surface area contributed by atoms with Gasteiger partial charge in [0, 0.05) is 11.1 Å². The Balaban J connectivity index is 1.21. The Labute approximate surface area is 195 Å². The minimum atomic E-state index is -0.471. The van der Waals surface area contributed by atoms with Crippen molar-refractivity contribution in [2.75, 3.05) is 13.3 Å². The van der Waals surface area contributed by atoms with E-state index in [2.05, 4.69) is 21.9 Å². The lowest BCUT2D eigenvalue weighted by atomic mass is 10.1. The van der Waals surface area contributed by atoms with E-state index in [0.29, 0.717) is 28.4 Å². The molecule has 0 bridgehead atoms. The molecule has 4 rings (SSSR count). The highest BCUT2D eigenvalue weighted by Crippen LogP contribution is 2.32. The molecule has 2 amide bonds. The molecule has 3 aromatic rings. The molecule has 34 heavy (non-hydrogen) atoms. The predicted molar refractivity (Wildman–Crippen MR) is 123 cm³/mol. The minimum absolute atomic E-state index is 0.118. The molecule has 0 spiro atoms. The van der Waals surface area contributed by atoms with Crippen molar-refractivity contribution in [2.45, 2.75) is 6.61 Å². The van der Waals surface area contributed by atoms with Gasteiger partial charge in [0.15, 0.2) is 11.5 Å². The molecule has 1 aliphatic heterocycles. The second-order valence-electron chi connectivity index (χ2n) is 7.17.